The summed E-state index contributed by atoms with van der Waals surface area (Å²) in [5.41, 5.74) is 0.692. The molecule has 0 unspecified atom stereocenters. The molecular formula is C9H9F3INO. The van der Waals surface area contributed by atoms with Crippen molar-refractivity contribution in [3.05, 3.63) is 21.8 Å². The van der Waals surface area contributed by atoms with Gasteiger partial charge in [-0.1, -0.05) is 0 Å². The summed E-state index contributed by atoms with van der Waals surface area (Å²) in [6.45, 7) is 0. The van der Waals surface area contributed by atoms with Crippen molar-refractivity contribution in [3.8, 4) is 5.75 Å². The van der Waals surface area contributed by atoms with Crippen molar-refractivity contribution in [1.82, 2.24) is 0 Å². The molecule has 1 rings (SSSR count). The van der Waals surface area contributed by atoms with Crippen molar-refractivity contribution in [2.75, 3.05) is 19.0 Å². The molecule has 84 valence electrons. The van der Waals surface area contributed by atoms with Gasteiger partial charge in [0.25, 0.3) is 0 Å². The monoisotopic (exact) mass is 331 g/mol. The first-order valence-electron chi connectivity index (χ1n) is 4.02. The molecule has 1 aromatic carbocycles. The SMILES string of the molecule is CN(C)c1cc(OC(F)(F)F)ccc1I. The maximum atomic E-state index is 11.9. The van der Waals surface area contributed by atoms with Crippen molar-refractivity contribution in [2.45, 2.75) is 6.36 Å². The predicted molar refractivity (Wildman–Crippen MR) is 60.2 cm³/mol. The van der Waals surface area contributed by atoms with E-state index in [9.17, 15) is 13.2 Å². The fourth-order valence-corrected chi connectivity index (χ4v) is 1.85. The van der Waals surface area contributed by atoms with Crippen molar-refractivity contribution >= 4 is 28.3 Å². The highest BCUT2D eigenvalue weighted by molar-refractivity contribution is 14.1. The van der Waals surface area contributed by atoms with Crippen molar-refractivity contribution in [2.24, 2.45) is 0 Å². The molecule has 0 bridgehead atoms. The van der Waals surface area contributed by atoms with Crippen LogP contribution in [0.1, 0.15) is 0 Å². The van der Waals surface area contributed by atoms with E-state index < -0.39 is 6.36 Å². The Hall–Kier alpha value is -0.660. The fourth-order valence-electron chi connectivity index (χ4n) is 1.03. The number of ether oxygens (including phenoxy) is 1. The number of nitrogens with zero attached hydrogens (tertiary/aromatic N) is 1. The minimum Gasteiger partial charge on any atom is -0.406 e. The van der Waals surface area contributed by atoms with Crippen LogP contribution in [0.3, 0.4) is 0 Å². The highest BCUT2D eigenvalue weighted by Gasteiger charge is 2.31. The fraction of sp³-hybridized carbons (Fsp3) is 0.333. The molecule has 0 saturated carbocycles. The molecule has 0 amide bonds. The zero-order valence-electron chi connectivity index (χ0n) is 8.10. The van der Waals surface area contributed by atoms with Crippen LogP contribution in [0, 0.1) is 3.57 Å². The Morgan fingerprint density at radius 2 is 1.87 bits per heavy atom. The van der Waals surface area contributed by atoms with Gasteiger partial charge in [-0.2, -0.15) is 0 Å². The second-order valence-electron chi connectivity index (χ2n) is 3.06. The summed E-state index contributed by atoms with van der Waals surface area (Å²) >= 11 is 2.05. The molecule has 0 atom stereocenters. The third kappa shape index (κ3) is 3.77. The zero-order valence-corrected chi connectivity index (χ0v) is 10.3. The van der Waals surface area contributed by atoms with Crippen LogP contribution in [-0.2, 0) is 0 Å². The second-order valence-corrected chi connectivity index (χ2v) is 4.22. The largest absolute Gasteiger partial charge is 0.573 e. The van der Waals surface area contributed by atoms with Crippen LogP contribution >= 0.6 is 22.6 Å². The minimum atomic E-state index is -4.64. The van der Waals surface area contributed by atoms with E-state index in [4.69, 9.17) is 0 Å². The van der Waals surface area contributed by atoms with Crippen LogP contribution in [0.15, 0.2) is 18.2 Å². The molecule has 0 fully saturated rings. The molecule has 0 aliphatic carbocycles. The molecule has 0 saturated heterocycles. The van der Waals surface area contributed by atoms with E-state index in [1.54, 1.807) is 25.1 Å². The van der Waals surface area contributed by atoms with Crippen molar-refractivity contribution in [3.63, 3.8) is 0 Å². The lowest BCUT2D eigenvalue weighted by atomic mass is 10.3. The van der Waals surface area contributed by atoms with Crippen LogP contribution in [0.2, 0.25) is 0 Å². The third-order valence-electron chi connectivity index (χ3n) is 1.63. The summed E-state index contributed by atoms with van der Waals surface area (Å²) < 4.78 is 40.5. The van der Waals surface area contributed by atoms with Gasteiger partial charge in [0.15, 0.2) is 0 Å². The van der Waals surface area contributed by atoms with Gasteiger partial charge in [-0.15, -0.1) is 13.2 Å². The summed E-state index contributed by atoms with van der Waals surface area (Å²) in [4.78, 5) is 1.73. The Bertz CT molecular complexity index is 352. The van der Waals surface area contributed by atoms with Gasteiger partial charge in [0.2, 0.25) is 0 Å². The average Bonchev–Trinajstić information content (AvgIpc) is 2.05. The molecule has 0 aromatic heterocycles. The normalized spacial score (nSPS) is 11.3. The molecule has 0 aliphatic heterocycles. The molecule has 15 heavy (non-hydrogen) atoms. The Morgan fingerprint density at radius 1 is 1.27 bits per heavy atom. The standard InChI is InChI=1S/C9H9F3INO/c1-14(2)8-5-6(3-4-7(8)13)15-9(10,11)12/h3-5H,1-2H3. The Balaban J connectivity index is 2.98. The zero-order chi connectivity index (χ0) is 11.6. The summed E-state index contributed by atoms with van der Waals surface area (Å²) in [5, 5.41) is 0. The summed E-state index contributed by atoms with van der Waals surface area (Å²) in [6.07, 6.45) is -4.64. The molecule has 0 aliphatic rings. The van der Waals surface area contributed by atoms with Gasteiger partial charge in [0, 0.05) is 23.7 Å². The Kier molecular flexibility index (Phi) is 3.69. The number of hydrogen-bond donors (Lipinski definition) is 0. The number of alkyl halides is 3. The smallest absolute Gasteiger partial charge is 0.406 e. The van der Waals surface area contributed by atoms with E-state index >= 15 is 0 Å². The van der Waals surface area contributed by atoms with Gasteiger partial charge in [-0.25, -0.2) is 0 Å². The van der Waals surface area contributed by atoms with Crippen LogP contribution in [0.5, 0.6) is 5.75 Å². The summed E-state index contributed by atoms with van der Waals surface area (Å²) in [5.74, 6) is -0.202. The number of rotatable bonds is 2. The molecule has 0 spiro atoms. The summed E-state index contributed by atoms with van der Waals surface area (Å²) in [6, 6.07) is 4.23. The number of hydrogen-bond acceptors (Lipinski definition) is 2. The lowest BCUT2D eigenvalue weighted by Crippen LogP contribution is -2.18. The van der Waals surface area contributed by atoms with E-state index in [1.165, 1.54) is 12.1 Å². The molecule has 2 nitrogen and oxygen atoms in total. The first kappa shape index (κ1) is 12.4. The minimum absolute atomic E-state index is 0.202. The molecule has 0 heterocycles. The molecular weight excluding hydrogens is 322 g/mol. The topological polar surface area (TPSA) is 12.5 Å². The molecule has 0 radical (unpaired) electrons. The Morgan fingerprint density at radius 3 is 2.33 bits per heavy atom. The van der Waals surface area contributed by atoms with E-state index in [0.29, 0.717) is 5.69 Å². The summed E-state index contributed by atoms with van der Waals surface area (Å²) in [7, 11) is 3.52. The molecule has 1 aromatic rings. The van der Waals surface area contributed by atoms with E-state index in [0.717, 1.165) is 3.57 Å². The second kappa shape index (κ2) is 4.46. The Labute approximate surface area is 99.2 Å². The van der Waals surface area contributed by atoms with Gasteiger partial charge < -0.3 is 9.64 Å². The predicted octanol–water partition coefficient (Wildman–Crippen LogP) is 3.26. The van der Waals surface area contributed by atoms with E-state index in [2.05, 4.69) is 27.3 Å². The van der Waals surface area contributed by atoms with Crippen molar-refractivity contribution < 1.29 is 17.9 Å². The molecule has 0 N–H and O–H groups in total. The van der Waals surface area contributed by atoms with Crippen LogP contribution in [0.25, 0.3) is 0 Å². The quantitative estimate of drug-likeness (QED) is 0.772. The van der Waals surface area contributed by atoms with Gasteiger partial charge in [0.1, 0.15) is 5.75 Å². The van der Waals surface area contributed by atoms with E-state index in [-0.39, 0.29) is 5.75 Å². The number of halogens is 4. The third-order valence-corrected chi connectivity index (χ3v) is 2.55. The van der Waals surface area contributed by atoms with Crippen molar-refractivity contribution in [1.29, 1.82) is 0 Å². The van der Waals surface area contributed by atoms with Crippen LogP contribution in [-0.4, -0.2) is 20.5 Å². The first-order valence-corrected chi connectivity index (χ1v) is 5.10. The van der Waals surface area contributed by atoms with E-state index in [1.807, 2.05) is 0 Å². The maximum Gasteiger partial charge on any atom is 0.573 e. The first-order chi connectivity index (χ1) is 6.79. The lowest BCUT2D eigenvalue weighted by molar-refractivity contribution is -0.274. The highest BCUT2D eigenvalue weighted by Crippen LogP contribution is 2.29. The van der Waals surface area contributed by atoms with Crippen LogP contribution < -0.4 is 9.64 Å². The number of benzene rings is 1. The van der Waals surface area contributed by atoms with Crippen LogP contribution in [0.4, 0.5) is 18.9 Å². The number of anilines is 1. The lowest BCUT2D eigenvalue weighted by Gasteiger charge is -2.16. The maximum absolute atomic E-state index is 11.9. The van der Waals surface area contributed by atoms with Gasteiger partial charge in [-0.05, 0) is 34.7 Å². The van der Waals surface area contributed by atoms with Gasteiger partial charge in [-0.3, -0.25) is 0 Å². The molecule has 6 heteroatoms. The van der Waals surface area contributed by atoms with Gasteiger partial charge >= 0.3 is 6.36 Å². The van der Waals surface area contributed by atoms with Gasteiger partial charge in [0.05, 0.1) is 5.69 Å². The average molecular weight is 331 g/mol. The highest BCUT2D eigenvalue weighted by atomic mass is 127.